The van der Waals surface area contributed by atoms with Gasteiger partial charge in [0, 0.05) is 33.1 Å². The van der Waals surface area contributed by atoms with E-state index in [9.17, 15) is 14.4 Å². The number of ketones is 1. The molecule has 0 fully saturated rings. The summed E-state index contributed by atoms with van der Waals surface area (Å²) in [6, 6.07) is 6.41. The van der Waals surface area contributed by atoms with Gasteiger partial charge in [0.05, 0.1) is 11.3 Å². The minimum atomic E-state index is -0.706. The third-order valence-corrected chi connectivity index (χ3v) is 3.30. The normalized spacial score (nSPS) is 10.6. The first kappa shape index (κ1) is 20.8. The van der Waals surface area contributed by atoms with Gasteiger partial charge in [-0.3, -0.25) is 14.4 Å². The van der Waals surface area contributed by atoms with Crippen LogP contribution >= 0.6 is 0 Å². The van der Waals surface area contributed by atoms with Gasteiger partial charge in [-0.05, 0) is 32.4 Å². The molecule has 0 aliphatic heterocycles. The number of carbonyl (C=O) groups is 3. The predicted molar refractivity (Wildman–Crippen MR) is 94.4 cm³/mol. The summed E-state index contributed by atoms with van der Waals surface area (Å²) in [5, 5.41) is 5.14. The third-order valence-electron chi connectivity index (χ3n) is 3.30. The van der Waals surface area contributed by atoms with Gasteiger partial charge in [0.15, 0.2) is 6.29 Å². The van der Waals surface area contributed by atoms with E-state index in [0.29, 0.717) is 38.3 Å². The Labute approximate surface area is 148 Å². The van der Waals surface area contributed by atoms with Crippen molar-refractivity contribution in [2.24, 2.45) is 0 Å². The summed E-state index contributed by atoms with van der Waals surface area (Å²) in [7, 11) is 0. The topological polar surface area (TPSA) is 93.7 Å². The molecule has 0 aliphatic carbocycles. The lowest BCUT2D eigenvalue weighted by Gasteiger charge is -2.16. The van der Waals surface area contributed by atoms with Crippen molar-refractivity contribution in [2.75, 3.05) is 25.1 Å². The lowest BCUT2D eigenvalue weighted by atomic mass is 10.1. The van der Waals surface area contributed by atoms with Crippen molar-refractivity contribution in [3.8, 4) is 0 Å². The van der Waals surface area contributed by atoms with E-state index in [0.717, 1.165) is 0 Å². The van der Waals surface area contributed by atoms with Crippen molar-refractivity contribution < 1.29 is 23.9 Å². The van der Waals surface area contributed by atoms with Crippen LogP contribution in [0.25, 0.3) is 0 Å². The van der Waals surface area contributed by atoms with E-state index >= 15 is 0 Å². The summed E-state index contributed by atoms with van der Waals surface area (Å²) in [6.07, 6.45) is 0.943. The number of nitrogens with one attached hydrogen (secondary N) is 2. The largest absolute Gasteiger partial charge is 0.353 e. The molecule has 0 radical (unpaired) electrons. The van der Waals surface area contributed by atoms with E-state index in [-0.39, 0.29) is 17.8 Å². The summed E-state index contributed by atoms with van der Waals surface area (Å²) in [4.78, 5) is 35.5. The minimum absolute atomic E-state index is 0.164. The summed E-state index contributed by atoms with van der Waals surface area (Å²) in [5.41, 5.74) is 0.486. The van der Waals surface area contributed by atoms with Gasteiger partial charge in [0.25, 0.3) is 11.7 Å². The summed E-state index contributed by atoms with van der Waals surface area (Å²) in [5.74, 6) is -1.70. The molecule has 0 saturated heterocycles. The quantitative estimate of drug-likeness (QED) is 0.276. The molecule has 7 nitrogen and oxygen atoms in total. The van der Waals surface area contributed by atoms with Crippen LogP contribution in [-0.2, 0) is 19.1 Å². The first-order chi connectivity index (χ1) is 12.0. The second-order valence-corrected chi connectivity index (χ2v) is 5.29. The maximum absolute atomic E-state index is 12.3. The van der Waals surface area contributed by atoms with Gasteiger partial charge in [-0.1, -0.05) is 12.1 Å². The molecule has 2 amide bonds. The molecule has 0 aliphatic rings. The molecule has 0 aromatic heterocycles. The molecule has 138 valence electrons. The van der Waals surface area contributed by atoms with Gasteiger partial charge in [-0.2, -0.15) is 0 Å². The molecule has 1 aromatic rings. The zero-order valence-electron chi connectivity index (χ0n) is 15.0. The molecule has 0 unspecified atom stereocenters. The zero-order valence-corrected chi connectivity index (χ0v) is 15.0. The van der Waals surface area contributed by atoms with E-state index in [1.165, 1.54) is 13.0 Å². The van der Waals surface area contributed by atoms with Crippen molar-refractivity contribution in [2.45, 2.75) is 39.9 Å². The monoisotopic (exact) mass is 350 g/mol. The number of rotatable bonds is 11. The molecular weight excluding hydrogens is 324 g/mol. The van der Waals surface area contributed by atoms with Crippen LogP contribution < -0.4 is 10.6 Å². The van der Waals surface area contributed by atoms with Crippen LogP contribution in [-0.4, -0.2) is 43.6 Å². The second kappa shape index (κ2) is 11.3. The van der Waals surface area contributed by atoms with Crippen LogP contribution in [0.3, 0.4) is 0 Å². The fraction of sp³-hybridized carbons (Fsp3) is 0.500. The van der Waals surface area contributed by atoms with Crippen LogP contribution in [0.4, 0.5) is 5.69 Å². The summed E-state index contributed by atoms with van der Waals surface area (Å²) >= 11 is 0. The Morgan fingerprint density at radius 1 is 1.08 bits per heavy atom. The smallest absolute Gasteiger partial charge is 0.292 e. The van der Waals surface area contributed by atoms with Crippen LogP contribution in [0.2, 0.25) is 0 Å². The highest BCUT2D eigenvalue weighted by Gasteiger charge is 2.19. The number of amides is 2. The van der Waals surface area contributed by atoms with Crippen LogP contribution in [0, 0.1) is 0 Å². The van der Waals surface area contributed by atoms with Crippen molar-refractivity contribution in [1.82, 2.24) is 5.32 Å². The maximum Gasteiger partial charge on any atom is 0.292 e. The molecule has 1 rings (SSSR count). The van der Waals surface area contributed by atoms with E-state index < -0.39 is 11.7 Å². The Balaban J connectivity index is 2.52. The Hall–Kier alpha value is -2.25. The highest BCUT2D eigenvalue weighted by molar-refractivity contribution is 6.44. The van der Waals surface area contributed by atoms with E-state index in [4.69, 9.17) is 9.47 Å². The Bertz CT molecular complexity index is 583. The number of para-hydroxylation sites is 1. The van der Waals surface area contributed by atoms with Gasteiger partial charge >= 0.3 is 0 Å². The lowest BCUT2D eigenvalue weighted by Crippen LogP contribution is -2.33. The number of benzene rings is 1. The molecule has 7 heteroatoms. The van der Waals surface area contributed by atoms with Crippen molar-refractivity contribution in [3.63, 3.8) is 0 Å². The summed E-state index contributed by atoms with van der Waals surface area (Å²) < 4.78 is 10.8. The van der Waals surface area contributed by atoms with E-state index in [1.807, 2.05) is 13.8 Å². The standard InChI is InChI=1S/C18H26N2O5/c1-4-24-16(25-5-2)11-8-12-19-18(23)17(22)14-9-6-7-10-15(14)20-13(3)21/h6-7,9-10,16H,4-5,8,11-12H2,1-3H3,(H,19,23)(H,20,21). The number of Topliss-reactive ketones (excluding diaryl/α,β-unsaturated/α-hetero) is 1. The number of ether oxygens (including phenoxy) is 2. The van der Waals surface area contributed by atoms with Gasteiger partial charge in [0.2, 0.25) is 5.91 Å². The van der Waals surface area contributed by atoms with Crippen LogP contribution in [0.15, 0.2) is 24.3 Å². The molecule has 0 saturated carbocycles. The molecule has 25 heavy (non-hydrogen) atoms. The lowest BCUT2D eigenvalue weighted by molar-refractivity contribution is -0.140. The van der Waals surface area contributed by atoms with Crippen molar-refractivity contribution in [1.29, 1.82) is 0 Å². The SMILES string of the molecule is CCOC(CCCNC(=O)C(=O)c1ccccc1NC(C)=O)OCC. The van der Waals surface area contributed by atoms with Crippen LogP contribution in [0.1, 0.15) is 44.0 Å². The first-order valence-electron chi connectivity index (χ1n) is 8.41. The van der Waals surface area contributed by atoms with Gasteiger partial charge in [-0.25, -0.2) is 0 Å². The van der Waals surface area contributed by atoms with Crippen molar-refractivity contribution in [3.05, 3.63) is 29.8 Å². The van der Waals surface area contributed by atoms with Gasteiger partial charge in [-0.15, -0.1) is 0 Å². The molecule has 2 N–H and O–H groups in total. The van der Waals surface area contributed by atoms with E-state index in [2.05, 4.69) is 10.6 Å². The fourth-order valence-electron chi connectivity index (χ4n) is 2.24. The van der Waals surface area contributed by atoms with Gasteiger partial charge in [0.1, 0.15) is 0 Å². The minimum Gasteiger partial charge on any atom is -0.353 e. The molecule has 1 aromatic carbocycles. The molecule has 0 bridgehead atoms. The molecule has 0 atom stereocenters. The number of hydrogen-bond acceptors (Lipinski definition) is 5. The Morgan fingerprint density at radius 3 is 2.32 bits per heavy atom. The summed E-state index contributed by atoms with van der Waals surface area (Å²) in [6.45, 7) is 6.56. The third kappa shape index (κ3) is 7.45. The second-order valence-electron chi connectivity index (χ2n) is 5.29. The highest BCUT2D eigenvalue weighted by atomic mass is 16.7. The molecular formula is C18H26N2O5. The molecule has 0 heterocycles. The maximum atomic E-state index is 12.3. The fourth-order valence-corrected chi connectivity index (χ4v) is 2.24. The number of anilines is 1. The Morgan fingerprint density at radius 2 is 1.72 bits per heavy atom. The van der Waals surface area contributed by atoms with Gasteiger partial charge < -0.3 is 20.1 Å². The number of hydrogen-bond donors (Lipinski definition) is 2. The average molecular weight is 350 g/mol. The first-order valence-corrected chi connectivity index (χ1v) is 8.41. The van der Waals surface area contributed by atoms with Crippen LogP contribution in [0.5, 0.6) is 0 Å². The Kier molecular flexibility index (Phi) is 9.42. The van der Waals surface area contributed by atoms with E-state index in [1.54, 1.807) is 18.2 Å². The molecule has 0 spiro atoms. The zero-order chi connectivity index (χ0) is 18.7. The predicted octanol–water partition coefficient (Wildman–Crippen LogP) is 2.12. The van der Waals surface area contributed by atoms with Crippen molar-refractivity contribution >= 4 is 23.3 Å². The average Bonchev–Trinajstić information content (AvgIpc) is 2.58. The highest BCUT2D eigenvalue weighted by Crippen LogP contribution is 2.15. The number of carbonyl (C=O) groups excluding carboxylic acids is 3.